The van der Waals surface area contributed by atoms with Crippen LogP contribution in [-0.4, -0.2) is 61.0 Å². The largest absolute Gasteiger partial charge is 0.492 e. The number of hydrogen-bond acceptors (Lipinski definition) is 7. The second-order valence-electron chi connectivity index (χ2n) is 9.12. The molecule has 1 fully saturated rings. The molecule has 1 atom stereocenters. The third-order valence-corrected chi connectivity index (χ3v) is 6.44. The highest BCUT2D eigenvalue weighted by atomic mass is 16.5. The summed E-state index contributed by atoms with van der Waals surface area (Å²) in [5.74, 6) is -0.111. The molecule has 1 amide bonds. The molecule has 0 radical (unpaired) electrons. The highest BCUT2D eigenvalue weighted by Crippen LogP contribution is 2.23. The van der Waals surface area contributed by atoms with Gasteiger partial charge in [-0.2, -0.15) is 0 Å². The van der Waals surface area contributed by atoms with Crippen LogP contribution in [0, 0.1) is 6.92 Å². The molecule has 0 bridgehead atoms. The standard InChI is InChI=1S/C27H32N2O6/c1-19-2-5-21-17-22(25(30)35-24(21)16-19)18-27(32,26(28)31)9-8-20-3-6-23(7-4-20)34-15-12-29-10-13-33-14-11-29/h2-7,16-17,32H,8-15,18H2,1H3,(H2,28,31). The van der Waals surface area contributed by atoms with Gasteiger partial charge in [-0.15, -0.1) is 0 Å². The predicted molar refractivity (Wildman–Crippen MR) is 133 cm³/mol. The summed E-state index contributed by atoms with van der Waals surface area (Å²) in [7, 11) is 0. The lowest BCUT2D eigenvalue weighted by Crippen LogP contribution is -2.47. The first-order chi connectivity index (χ1) is 16.8. The number of hydrogen-bond donors (Lipinski definition) is 2. The minimum atomic E-state index is -1.87. The van der Waals surface area contributed by atoms with Crippen LogP contribution in [0.3, 0.4) is 0 Å². The zero-order valence-electron chi connectivity index (χ0n) is 20.0. The lowest BCUT2D eigenvalue weighted by atomic mass is 9.88. The van der Waals surface area contributed by atoms with Gasteiger partial charge in [0, 0.05) is 37.0 Å². The highest BCUT2D eigenvalue weighted by molar-refractivity contribution is 5.84. The van der Waals surface area contributed by atoms with Gasteiger partial charge >= 0.3 is 5.63 Å². The van der Waals surface area contributed by atoms with Gasteiger partial charge in [-0.25, -0.2) is 4.79 Å². The second-order valence-corrected chi connectivity index (χ2v) is 9.12. The summed E-state index contributed by atoms with van der Waals surface area (Å²) in [5, 5.41) is 11.8. The molecule has 2 heterocycles. The number of rotatable bonds is 10. The first-order valence-corrected chi connectivity index (χ1v) is 11.9. The molecule has 1 aromatic heterocycles. The van der Waals surface area contributed by atoms with Crippen LogP contribution in [0.4, 0.5) is 0 Å². The number of aryl methyl sites for hydroxylation is 2. The number of carbonyl (C=O) groups is 1. The van der Waals surface area contributed by atoms with Crippen molar-refractivity contribution in [2.24, 2.45) is 5.73 Å². The van der Waals surface area contributed by atoms with Crippen LogP contribution in [0.15, 0.2) is 57.7 Å². The zero-order chi connectivity index (χ0) is 24.8. The molecule has 3 N–H and O–H groups in total. The van der Waals surface area contributed by atoms with Crippen LogP contribution in [0.2, 0.25) is 0 Å². The van der Waals surface area contributed by atoms with Gasteiger partial charge in [-0.05, 0) is 55.2 Å². The Morgan fingerprint density at radius 3 is 2.60 bits per heavy atom. The molecule has 8 nitrogen and oxygen atoms in total. The lowest BCUT2D eigenvalue weighted by Gasteiger charge is -2.26. The van der Waals surface area contributed by atoms with Gasteiger partial charge in [0.2, 0.25) is 5.91 Å². The minimum Gasteiger partial charge on any atom is -0.492 e. The van der Waals surface area contributed by atoms with Gasteiger partial charge < -0.3 is 24.7 Å². The Kier molecular flexibility index (Phi) is 7.85. The summed E-state index contributed by atoms with van der Waals surface area (Å²) < 4.78 is 16.6. The molecular formula is C27H32N2O6. The number of aliphatic hydroxyl groups is 1. The fraction of sp³-hybridized carbons (Fsp3) is 0.407. The maximum absolute atomic E-state index is 12.5. The number of primary amides is 1. The van der Waals surface area contributed by atoms with Gasteiger partial charge in [0.25, 0.3) is 0 Å². The van der Waals surface area contributed by atoms with Crippen LogP contribution in [0.25, 0.3) is 11.0 Å². The molecule has 1 aliphatic heterocycles. The van der Waals surface area contributed by atoms with Gasteiger partial charge in [0.05, 0.1) is 13.2 Å². The molecule has 35 heavy (non-hydrogen) atoms. The predicted octanol–water partition coefficient (Wildman–Crippen LogP) is 2.20. The number of nitrogens with two attached hydrogens (primary N) is 1. The van der Waals surface area contributed by atoms with Crippen molar-refractivity contribution < 1.29 is 23.8 Å². The van der Waals surface area contributed by atoms with Crippen molar-refractivity contribution >= 4 is 16.9 Å². The molecule has 0 aliphatic carbocycles. The van der Waals surface area contributed by atoms with E-state index in [0.717, 1.165) is 55.1 Å². The number of nitrogens with zero attached hydrogens (tertiary/aromatic N) is 1. The molecule has 2 aromatic carbocycles. The van der Waals surface area contributed by atoms with E-state index in [1.807, 2.05) is 43.3 Å². The van der Waals surface area contributed by atoms with E-state index in [-0.39, 0.29) is 18.4 Å². The molecule has 0 spiro atoms. The van der Waals surface area contributed by atoms with E-state index in [0.29, 0.717) is 18.6 Å². The van der Waals surface area contributed by atoms with Crippen LogP contribution in [-0.2, 0) is 22.4 Å². The van der Waals surface area contributed by atoms with Gasteiger partial charge in [0.15, 0.2) is 0 Å². The first kappa shape index (κ1) is 24.9. The summed E-state index contributed by atoms with van der Waals surface area (Å²) in [5.41, 5.74) is 5.67. The second kappa shape index (κ2) is 11.0. The topological polar surface area (TPSA) is 115 Å². The quantitative estimate of drug-likeness (QED) is 0.428. The van der Waals surface area contributed by atoms with Crippen LogP contribution in [0.5, 0.6) is 5.75 Å². The summed E-state index contributed by atoms with van der Waals surface area (Å²) in [4.78, 5) is 27.0. The van der Waals surface area contributed by atoms with E-state index in [2.05, 4.69) is 4.90 Å². The van der Waals surface area contributed by atoms with Crippen LogP contribution in [0.1, 0.15) is 23.1 Å². The molecule has 1 unspecified atom stereocenters. The van der Waals surface area contributed by atoms with E-state index in [1.54, 1.807) is 12.1 Å². The number of amides is 1. The maximum Gasteiger partial charge on any atom is 0.339 e. The molecule has 8 heteroatoms. The monoisotopic (exact) mass is 480 g/mol. The average Bonchev–Trinajstić information content (AvgIpc) is 2.85. The van der Waals surface area contributed by atoms with Crippen molar-refractivity contribution in [1.82, 2.24) is 4.90 Å². The van der Waals surface area contributed by atoms with Gasteiger partial charge in [0.1, 0.15) is 23.5 Å². The third-order valence-electron chi connectivity index (χ3n) is 6.44. The van der Waals surface area contributed by atoms with E-state index < -0.39 is 17.1 Å². The Balaban J connectivity index is 1.36. The smallest absolute Gasteiger partial charge is 0.339 e. The molecule has 1 saturated heterocycles. The number of fused-ring (bicyclic) bond motifs is 1. The fourth-order valence-corrected chi connectivity index (χ4v) is 4.22. The summed E-state index contributed by atoms with van der Waals surface area (Å²) in [6, 6.07) is 14.7. The van der Waals surface area contributed by atoms with E-state index in [4.69, 9.17) is 19.6 Å². The number of morpholine rings is 1. The SMILES string of the molecule is Cc1ccc2cc(CC(O)(CCc3ccc(OCCN4CCOCC4)cc3)C(N)=O)c(=O)oc2c1. The highest BCUT2D eigenvalue weighted by Gasteiger charge is 2.35. The van der Waals surface area contributed by atoms with Gasteiger partial charge in [-0.1, -0.05) is 24.3 Å². The average molecular weight is 481 g/mol. The van der Waals surface area contributed by atoms with Crippen LogP contribution >= 0.6 is 0 Å². The third kappa shape index (κ3) is 6.48. The van der Waals surface area contributed by atoms with Crippen molar-refractivity contribution in [2.45, 2.75) is 31.8 Å². The van der Waals surface area contributed by atoms with Crippen molar-refractivity contribution in [2.75, 3.05) is 39.5 Å². The lowest BCUT2D eigenvalue weighted by molar-refractivity contribution is -0.136. The summed E-state index contributed by atoms with van der Waals surface area (Å²) in [6.07, 6.45) is 0.272. The Bertz CT molecular complexity index is 1220. The van der Waals surface area contributed by atoms with E-state index >= 15 is 0 Å². The van der Waals surface area contributed by atoms with Crippen molar-refractivity contribution in [3.63, 3.8) is 0 Å². The zero-order valence-corrected chi connectivity index (χ0v) is 20.0. The number of benzene rings is 2. The molecule has 0 saturated carbocycles. The number of ether oxygens (including phenoxy) is 2. The minimum absolute atomic E-state index is 0.0743. The van der Waals surface area contributed by atoms with E-state index in [9.17, 15) is 14.7 Å². The van der Waals surface area contributed by atoms with E-state index in [1.165, 1.54) is 0 Å². The van der Waals surface area contributed by atoms with Crippen molar-refractivity contribution in [1.29, 1.82) is 0 Å². The Morgan fingerprint density at radius 1 is 1.14 bits per heavy atom. The molecule has 4 rings (SSSR count). The molecule has 186 valence electrons. The fourth-order valence-electron chi connectivity index (χ4n) is 4.22. The summed E-state index contributed by atoms with van der Waals surface area (Å²) in [6.45, 7) is 6.71. The Morgan fingerprint density at radius 2 is 1.89 bits per heavy atom. The Hall–Kier alpha value is -3.20. The first-order valence-electron chi connectivity index (χ1n) is 11.9. The summed E-state index contributed by atoms with van der Waals surface area (Å²) >= 11 is 0. The molecule has 1 aliphatic rings. The Labute approximate surface area is 204 Å². The molecule has 3 aromatic rings. The number of carbonyl (C=O) groups excluding carboxylic acids is 1. The normalized spacial score (nSPS) is 16.2. The molecular weight excluding hydrogens is 448 g/mol. The maximum atomic E-state index is 12.5. The van der Waals surface area contributed by atoms with Crippen molar-refractivity contribution in [3.05, 3.63) is 75.6 Å². The van der Waals surface area contributed by atoms with Gasteiger partial charge in [-0.3, -0.25) is 9.69 Å². The van der Waals surface area contributed by atoms with Crippen LogP contribution < -0.4 is 16.1 Å². The van der Waals surface area contributed by atoms with Crippen molar-refractivity contribution in [3.8, 4) is 5.75 Å².